The first-order chi connectivity index (χ1) is 9.08. The van der Waals surface area contributed by atoms with Gasteiger partial charge in [-0.1, -0.05) is 30.3 Å². The lowest BCUT2D eigenvalue weighted by Gasteiger charge is -2.15. The molecule has 19 heavy (non-hydrogen) atoms. The minimum atomic E-state index is -0.408. The van der Waals surface area contributed by atoms with Gasteiger partial charge in [-0.25, -0.2) is 0 Å². The van der Waals surface area contributed by atoms with Crippen LogP contribution in [0.1, 0.15) is 18.5 Å². The van der Waals surface area contributed by atoms with Gasteiger partial charge in [0.2, 0.25) is 0 Å². The summed E-state index contributed by atoms with van der Waals surface area (Å²) in [5, 5.41) is 14.0. The molecule has 0 spiro atoms. The number of hydrogen-bond donors (Lipinski definition) is 1. The summed E-state index contributed by atoms with van der Waals surface area (Å²) in [5.41, 5.74) is 2.07. The van der Waals surface area contributed by atoms with Crippen LogP contribution < -0.4 is 5.32 Å². The van der Waals surface area contributed by atoms with Gasteiger partial charge in [0, 0.05) is 17.8 Å². The molecule has 0 bridgehead atoms. The molecule has 0 saturated heterocycles. The largest absolute Gasteiger partial charge is 0.378 e. The van der Waals surface area contributed by atoms with Crippen LogP contribution in [0.4, 0.5) is 11.4 Å². The molecule has 0 aliphatic heterocycles. The molecule has 0 fully saturated rings. The Morgan fingerprint density at radius 2 is 1.89 bits per heavy atom. The van der Waals surface area contributed by atoms with E-state index in [1.165, 1.54) is 6.07 Å². The summed E-state index contributed by atoms with van der Waals surface area (Å²) in [6.07, 6.45) is 0. The molecule has 2 rings (SSSR count). The van der Waals surface area contributed by atoms with E-state index in [-0.39, 0.29) is 11.7 Å². The van der Waals surface area contributed by atoms with Gasteiger partial charge in [0.15, 0.2) is 0 Å². The third kappa shape index (κ3) is 3.32. The van der Waals surface area contributed by atoms with Crippen LogP contribution in [-0.4, -0.2) is 4.92 Å². The highest BCUT2D eigenvalue weighted by molar-refractivity contribution is 9.10. The summed E-state index contributed by atoms with van der Waals surface area (Å²) >= 11 is 3.21. The number of hydrogen-bond acceptors (Lipinski definition) is 3. The maximum Gasteiger partial charge on any atom is 0.283 e. The maximum atomic E-state index is 10.7. The molecule has 4 nitrogen and oxygen atoms in total. The van der Waals surface area contributed by atoms with Crippen molar-refractivity contribution in [1.82, 2.24) is 0 Å². The van der Waals surface area contributed by atoms with Gasteiger partial charge >= 0.3 is 0 Å². The van der Waals surface area contributed by atoms with Crippen LogP contribution in [0.2, 0.25) is 0 Å². The Hall–Kier alpha value is -1.88. The molecular weight excluding hydrogens is 308 g/mol. The van der Waals surface area contributed by atoms with Crippen LogP contribution in [0.3, 0.4) is 0 Å². The number of anilines is 1. The van der Waals surface area contributed by atoms with Gasteiger partial charge in [-0.3, -0.25) is 10.1 Å². The van der Waals surface area contributed by atoms with Gasteiger partial charge in [-0.2, -0.15) is 0 Å². The average molecular weight is 321 g/mol. The molecule has 0 heterocycles. The first-order valence-electron chi connectivity index (χ1n) is 5.83. The SMILES string of the molecule is CC(Nc1ccc([N+](=O)[O-])c(Br)c1)c1ccccc1. The van der Waals surface area contributed by atoms with Crippen molar-refractivity contribution >= 4 is 27.3 Å². The normalized spacial score (nSPS) is 11.9. The zero-order valence-electron chi connectivity index (χ0n) is 10.3. The van der Waals surface area contributed by atoms with Crippen LogP contribution in [0, 0.1) is 10.1 Å². The Morgan fingerprint density at radius 1 is 1.21 bits per heavy atom. The predicted molar refractivity (Wildman–Crippen MR) is 79.3 cm³/mol. The second kappa shape index (κ2) is 5.84. The van der Waals surface area contributed by atoms with E-state index in [9.17, 15) is 10.1 Å². The van der Waals surface area contributed by atoms with Crippen molar-refractivity contribution < 1.29 is 4.92 Å². The Labute approximate surface area is 119 Å². The standard InChI is InChI=1S/C14H13BrN2O2/c1-10(11-5-3-2-4-6-11)16-12-7-8-14(17(18)19)13(15)9-12/h2-10,16H,1H3. The minimum absolute atomic E-state index is 0.0675. The van der Waals surface area contributed by atoms with Crippen LogP contribution >= 0.6 is 15.9 Å². The number of nitro benzene ring substituents is 1. The molecule has 0 amide bonds. The first-order valence-corrected chi connectivity index (χ1v) is 6.62. The minimum Gasteiger partial charge on any atom is -0.378 e. The Morgan fingerprint density at radius 3 is 2.47 bits per heavy atom. The van der Waals surface area contributed by atoms with Gasteiger partial charge in [-0.15, -0.1) is 0 Å². The molecule has 0 radical (unpaired) electrons. The van der Waals surface area contributed by atoms with E-state index >= 15 is 0 Å². The van der Waals surface area contributed by atoms with Crippen molar-refractivity contribution in [2.45, 2.75) is 13.0 Å². The molecule has 0 aliphatic rings. The van der Waals surface area contributed by atoms with E-state index in [0.29, 0.717) is 4.47 Å². The van der Waals surface area contributed by atoms with E-state index in [4.69, 9.17) is 0 Å². The molecule has 5 heteroatoms. The van der Waals surface area contributed by atoms with Crippen molar-refractivity contribution in [1.29, 1.82) is 0 Å². The summed E-state index contributed by atoms with van der Waals surface area (Å²) in [4.78, 5) is 10.3. The van der Waals surface area contributed by atoms with Gasteiger partial charge in [0.25, 0.3) is 5.69 Å². The molecule has 98 valence electrons. The van der Waals surface area contributed by atoms with E-state index in [2.05, 4.69) is 21.2 Å². The number of nitrogens with one attached hydrogen (secondary N) is 1. The smallest absolute Gasteiger partial charge is 0.283 e. The average Bonchev–Trinajstić information content (AvgIpc) is 2.39. The van der Waals surface area contributed by atoms with E-state index < -0.39 is 4.92 Å². The Kier molecular flexibility index (Phi) is 4.16. The lowest BCUT2D eigenvalue weighted by atomic mass is 10.1. The Bertz CT molecular complexity index is 587. The van der Waals surface area contributed by atoms with E-state index in [0.717, 1.165) is 11.3 Å². The van der Waals surface area contributed by atoms with E-state index in [1.54, 1.807) is 12.1 Å². The zero-order valence-corrected chi connectivity index (χ0v) is 11.9. The first kappa shape index (κ1) is 13.5. The number of halogens is 1. The summed E-state index contributed by atoms with van der Waals surface area (Å²) in [6.45, 7) is 2.05. The summed E-state index contributed by atoms with van der Waals surface area (Å²) in [7, 11) is 0. The van der Waals surface area contributed by atoms with E-state index in [1.807, 2.05) is 37.3 Å². The van der Waals surface area contributed by atoms with Crippen LogP contribution in [-0.2, 0) is 0 Å². The molecule has 0 aliphatic carbocycles. The van der Waals surface area contributed by atoms with Gasteiger partial charge in [-0.05, 0) is 40.5 Å². The topological polar surface area (TPSA) is 55.2 Å². The summed E-state index contributed by atoms with van der Waals surface area (Å²) < 4.78 is 0.475. The zero-order chi connectivity index (χ0) is 13.8. The number of benzene rings is 2. The van der Waals surface area contributed by atoms with Crippen LogP contribution in [0.5, 0.6) is 0 Å². The maximum absolute atomic E-state index is 10.7. The highest BCUT2D eigenvalue weighted by Gasteiger charge is 2.12. The fourth-order valence-electron chi connectivity index (χ4n) is 1.82. The third-order valence-corrected chi connectivity index (χ3v) is 3.46. The van der Waals surface area contributed by atoms with Crippen molar-refractivity contribution in [2.75, 3.05) is 5.32 Å². The number of nitro groups is 1. The molecule has 1 atom stereocenters. The fourth-order valence-corrected chi connectivity index (χ4v) is 2.34. The predicted octanol–water partition coefficient (Wildman–Crippen LogP) is 4.53. The van der Waals surface area contributed by atoms with Crippen molar-refractivity contribution in [3.63, 3.8) is 0 Å². The highest BCUT2D eigenvalue weighted by Crippen LogP contribution is 2.29. The quantitative estimate of drug-likeness (QED) is 0.665. The van der Waals surface area contributed by atoms with Crippen LogP contribution in [0.15, 0.2) is 53.0 Å². The molecule has 2 aromatic carbocycles. The van der Waals surface area contributed by atoms with Crippen LogP contribution in [0.25, 0.3) is 0 Å². The monoisotopic (exact) mass is 320 g/mol. The Balaban J connectivity index is 2.16. The second-order valence-electron chi connectivity index (χ2n) is 4.20. The third-order valence-electron chi connectivity index (χ3n) is 2.83. The van der Waals surface area contributed by atoms with Gasteiger partial charge < -0.3 is 5.32 Å². The number of nitrogens with zero attached hydrogens (tertiary/aromatic N) is 1. The summed E-state index contributed by atoms with van der Waals surface area (Å²) in [5.74, 6) is 0. The molecule has 0 aromatic heterocycles. The molecule has 1 N–H and O–H groups in total. The summed E-state index contributed by atoms with van der Waals surface area (Å²) in [6, 6.07) is 15.1. The van der Waals surface area contributed by atoms with Crippen molar-refractivity contribution in [3.8, 4) is 0 Å². The van der Waals surface area contributed by atoms with Crippen molar-refractivity contribution in [3.05, 3.63) is 68.7 Å². The molecular formula is C14H13BrN2O2. The fraction of sp³-hybridized carbons (Fsp3) is 0.143. The van der Waals surface area contributed by atoms with Crippen molar-refractivity contribution in [2.24, 2.45) is 0 Å². The lowest BCUT2D eigenvalue weighted by molar-refractivity contribution is -0.385. The number of rotatable bonds is 4. The highest BCUT2D eigenvalue weighted by atomic mass is 79.9. The lowest BCUT2D eigenvalue weighted by Crippen LogP contribution is -2.06. The molecule has 0 saturated carbocycles. The molecule has 1 unspecified atom stereocenters. The molecule has 2 aromatic rings. The second-order valence-corrected chi connectivity index (χ2v) is 5.05. The van der Waals surface area contributed by atoms with Gasteiger partial charge in [0.1, 0.15) is 0 Å². The van der Waals surface area contributed by atoms with Gasteiger partial charge in [0.05, 0.1) is 9.40 Å².